The van der Waals surface area contributed by atoms with Crippen LogP contribution in [-0.4, -0.2) is 79.1 Å². The Morgan fingerprint density at radius 3 is 2.42 bits per heavy atom. The summed E-state index contributed by atoms with van der Waals surface area (Å²) in [6.45, 7) is 1.77. The summed E-state index contributed by atoms with van der Waals surface area (Å²) in [5, 5.41) is 7.12. The lowest BCUT2D eigenvalue weighted by Gasteiger charge is -2.46. The molecule has 2 aliphatic rings. The summed E-state index contributed by atoms with van der Waals surface area (Å²) in [6, 6.07) is 3.43. The number of piperidine rings is 1. The molecule has 1 atom stereocenters. The third-order valence-electron chi connectivity index (χ3n) is 4.99. The van der Waals surface area contributed by atoms with Crippen LogP contribution in [0.4, 0.5) is 13.2 Å². The number of nitrogens with zero attached hydrogens (tertiary/aromatic N) is 2. The monoisotopic (exact) mass is 467 g/mol. The first-order valence-corrected chi connectivity index (χ1v) is 11.3. The molecule has 1 spiro atoms. The zero-order chi connectivity index (χ0) is 23.3. The number of sulfonamides is 1. The normalized spacial score (nSPS) is 21.2. The summed E-state index contributed by atoms with van der Waals surface area (Å²) in [7, 11) is -3.22. The van der Waals surface area contributed by atoms with E-state index in [0.717, 1.165) is 12.8 Å². The lowest BCUT2D eigenvalue weighted by Crippen LogP contribution is -2.54. The number of pyridine rings is 1. The van der Waals surface area contributed by atoms with Gasteiger partial charge in [-0.25, -0.2) is 17.9 Å². The first-order chi connectivity index (χ1) is 14.3. The van der Waals surface area contributed by atoms with Crippen LogP contribution in [0.1, 0.15) is 36.0 Å². The molecule has 1 aromatic rings. The van der Waals surface area contributed by atoms with Crippen molar-refractivity contribution < 1.29 is 41.0 Å². The smallest absolute Gasteiger partial charge is 0.475 e. The maximum atomic E-state index is 12.5. The molecule has 0 aliphatic carbocycles. The van der Waals surface area contributed by atoms with Crippen LogP contribution >= 0.6 is 0 Å². The lowest BCUT2D eigenvalue weighted by molar-refractivity contribution is -0.192. The van der Waals surface area contributed by atoms with Crippen LogP contribution < -0.4 is 4.72 Å². The van der Waals surface area contributed by atoms with Crippen molar-refractivity contribution in [1.82, 2.24) is 14.6 Å². The Hall–Kier alpha value is -2.25. The largest absolute Gasteiger partial charge is 0.490 e. The van der Waals surface area contributed by atoms with Gasteiger partial charge >= 0.3 is 12.1 Å². The van der Waals surface area contributed by atoms with E-state index in [9.17, 15) is 26.4 Å². The Morgan fingerprint density at radius 2 is 1.94 bits per heavy atom. The Kier molecular flexibility index (Phi) is 8.00. The molecule has 2 saturated heterocycles. The predicted molar refractivity (Wildman–Crippen MR) is 103 cm³/mol. The number of likely N-dealkylation sites (tertiary alicyclic amines) is 1. The van der Waals surface area contributed by atoms with Crippen LogP contribution in [0.2, 0.25) is 0 Å². The fourth-order valence-electron chi connectivity index (χ4n) is 3.57. The van der Waals surface area contributed by atoms with E-state index in [4.69, 9.17) is 14.6 Å². The lowest BCUT2D eigenvalue weighted by atomic mass is 9.82. The van der Waals surface area contributed by atoms with E-state index >= 15 is 0 Å². The summed E-state index contributed by atoms with van der Waals surface area (Å²) < 4.78 is 63.3. The third-order valence-corrected chi connectivity index (χ3v) is 5.75. The fraction of sp³-hybridized carbons (Fsp3) is 0.611. The molecule has 2 aliphatic heterocycles. The SMILES string of the molecule is CS(=O)(=O)NC1CCOC2(CCN(C(=O)c3cccnc3)CC2)C1.O=C(O)C(F)(F)F. The minimum Gasteiger partial charge on any atom is -0.475 e. The minimum atomic E-state index is -5.08. The second-order valence-corrected chi connectivity index (χ2v) is 9.23. The Labute approximate surface area is 177 Å². The number of rotatable bonds is 3. The van der Waals surface area contributed by atoms with Crippen molar-refractivity contribution in [2.24, 2.45) is 0 Å². The highest BCUT2D eigenvalue weighted by molar-refractivity contribution is 7.88. The van der Waals surface area contributed by atoms with Gasteiger partial charge in [0, 0.05) is 38.1 Å². The Balaban J connectivity index is 0.000000423. The van der Waals surface area contributed by atoms with E-state index in [-0.39, 0.29) is 17.6 Å². The molecule has 2 N–H and O–H groups in total. The number of alkyl halides is 3. The quantitative estimate of drug-likeness (QED) is 0.689. The number of aromatic nitrogens is 1. The van der Waals surface area contributed by atoms with Crippen molar-refractivity contribution in [3.05, 3.63) is 30.1 Å². The molecule has 9 nitrogen and oxygen atoms in total. The minimum absolute atomic E-state index is 0.0143. The van der Waals surface area contributed by atoms with Crippen molar-refractivity contribution >= 4 is 21.9 Å². The molecular weight excluding hydrogens is 443 g/mol. The Morgan fingerprint density at radius 1 is 1.32 bits per heavy atom. The average molecular weight is 467 g/mol. The van der Waals surface area contributed by atoms with Crippen molar-refractivity contribution in [3.8, 4) is 0 Å². The van der Waals surface area contributed by atoms with Crippen LogP contribution in [0.15, 0.2) is 24.5 Å². The third kappa shape index (κ3) is 7.74. The standard InChI is InChI=1S/C16H23N3O4S.C2HF3O2/c1-24(21,22)18-14-4-10-23-16(11-14)5-8-19(9-6-16)15(20)13-3-2-7-17-12-13;3-2(4,5)1(6)7/h2-3,7,12,14,18H,4-6,8-11H2,1H3;(H,6,7). The number of hydrogen-bond acceptors (Lipinski definition) is 6. The number of ether oxygens (including phenoxy) is 1. The summed E-state index contributed by atoms with van der Waals surface area (Å²) in [4.78, 5) is 27.2. The van der Waals surface area contributed by atoms with Gasteiger partial charge in [0.05, 0.1) is 17.4 Å². The first kappa shape index (κ1) is 25.0. The molecule has 1 amide bonds. The highest BCUT2D eigenvalue weighted by Gasteiger charge is 2.42. The summed E-state index contributed by atoms with van der Waals surface area (Å²) in [6.07, 6.45) is 2.12. The molecule has 3 heterocycles. The van der Waals surface area contributed by atoms with Gasteiger partial charge in [0.1, 0.15) is 0 Å². The van der Waals surface area contributed by atoms with E-state index in [1.807, 2.05) is 4.90 Å². The van der Waals surface area contributed by atoms with Crippen molar-refractivity contribution in [3.63, 3.8) is 0 Å². The maximum absolute atomic E-state index is 12.5. The van der Waals surface area contributed by atoms with Gasteiger partial charge in [-0.2, -0.15) is 13.2 Å². The number of hydrogen-bond donors (Lipinski definition) is 2. The zero-order valence-electron chi connectivity index (χ0n) is 16.8. The van der Waals surface area contributed by atoms with Gasteiger partial charge in [0.2, 0.25) is 10.0 Å². The molecule has 0 aromatic carbocycles. The van der Waals surface area contributed by atoms with Gasteiger partial charge < -0.3 is 14.7 Å². The molecule has 1 aromatic heterocycles. The molecule has 1 unspecified atom stereocenters. The van der Waals surface area contributed by atoms with Crippen LogP contribution in [0.25, 0.3) is 0 Å². The molecule has 174 valence electrons. The summed E-state index contributed by atoms with van der Waals surface area (Å²) in [5.74, 6) is -2.77. The van der Waals surface area contributed by atoms with E-state index in [1.54, 1.807) is 24.5 Å². The number of halogens is 3. The topological polar surface area (TPSA) is 126 Å². The maximum Gasteiger partial charge on any atom is 0.490 e. The van der Waals surface area contributed by atoms with Crippen LogP contribution in [0.5, 0.6) is 0 Å². The number of aliphatic carboxylic acids is 1. The van der Waals surface area contributed by atoms with Gasteiger partial charge in [-0.15, -0.1) is 0 Å². The second kappa shape index (κ2) is 9.92. The molecule has 3 rings (SSSR count). The van der Waals surface area contributed by atoms with E-state index in [1.165, 1.54) is 6.26 Å². The zero-order valence-corrected chi connectivity index (χ0v) is 17.6. The molecule has 13 heteroatoms. The number of carboxylic acids is 1. The molecule has 0 radical (unpaired) electrons. The van der Waals surface area contributed by atoms with Gasteiger partial charge in [-0.05, 0) is 37.8 Å². The number of nitrogens with one attached hydrogen (secondary N) is 1. The number of carbonyl (C=O) groups excluding carboxylic acids is 1. The second-order valence-electron chi connectivity index (χ2n) is 7.45. The Bertz CT molecular complexity index is 871. The van der Waals surface area contributed by atoms with Crippen molar-refractivity contribution in [2.45, 2.75) is 43.5 Å². The highest BCUT2D eigenvalue weighted by Crippen LogP contribution is 2.35. The summed E-state index contributed by atoms with van der Waals surface area (Å²) in [5.41, 5.74) is 0.265. The number of carboxylic acid groups (broad SMARTS) is 1. The fourth-order valence-corrected chi connectivity index (χ4v) is 4.38. The van der Waals surface area contributed by atoms with Gasteiger partial charge in [-0.3, -0.25) is 9.78 Å². The molecule has 0 saturated carbocycles. The van der Waals surface area contributed by atoms with Crippen LogP contribution in [0.3, 0.4) is 0 Å². The number of carbonyl (C=O) groups is 2. The van der Waals surface area contributed by atoms with Gasteiger partial charge in [0.25, 0.3) is 5.91 Å². The number of amides is 1. The highest BCUT2D eigenvalue weighted by atomic mass is 32.2. The molecular formula is C18H24F3N3O6S. The van der Waals surface area contributed by atoms with E-state index < -0.39 is 22.2 Å². The average Bonchev–Trinajstić information content (AvgIpc) is 2.67. The van der Waals surface area contributed by atoms with E-state index in [2.05, 4.69) is 9.71 Å². The van der Waals surface area contributed by atoms with E-state index in [0.29, 0.717) is 38.1 Å². The molecule has 2 fully saturated rings. The molecule has 31 heavy (non-hydrogen) atoms. The molecule has 0 bridgehead atoms. The van der Waals surface area contributed by atoms with Crippen LogP contribution in [-0.2, 0) is 19.6 Å². The van der Waals surface area contributed by atoms with Crippen LogP contribution in [0, 0.1) is 0 Å². The van der Waals surface area contributed by atoms with Crippen molar-refractivity contribution in [1.29, 1.82) is 0 Å². The summed E-state index contributed by atoms with van der Waals surface area (Å²) >= 11 is 0. The van der Waals surface area contributed by atoms with Gasteiger partial charge in [-0.1, -0.05) is 0 Å². The predicted octanol–water partition coefficient (Wildman–Crippen LogP) is 1.42. The van der Waals surface area contributed by atoms with Gasteiger partial charge in [0.15, 0.2) is 0 Å². The first-order valence-electron chi connectivity index (χ1n) is 9.42. The van der Waals surface area contributed by atoms with Crippen molar-refractivity contribution in [2.75, 3.05) is 26.0 Å².